The molecule has 0 amide bonds. The van der Waals surface area contributed by atoms with E-state index in [9.17, 15) is 9.18 Å². The highest BCUT2D eigenvalue weighted by Gasteiger charge is 2.35. The topological polar surface area (TPSA) is 79.7 Å². The Morgan fingerprint density at radius 3 is 2.57 bits per heavy atom. The largest absolute Gasteiger partial charge is 0.321 e. The molecule has 0 spiro atoms. The van der Waals surface area contributed by atoms with E-state index in [1.807, 2.05) is 29.8 Å². The van der Waals surface area contributed by atoms with E-state index >= 15 is 0 Å². The lowest BCUT2D eigenvalue weighted by Crippen LogP contribution is -2.40. The van der Waals surface area contributed by atoms with Crippen molar-refractivity contribution in [1.82, 2.24) is 30.1 Å². The van der Waals surface area contributed by atoms with Crippen molar-refractivity contribution in [3.8, 4) is 0 Å². The van der Waals surface area contributed by atoms with Crippen LogP contribution in [0, 0.1) is 19.7 Å². The van der Waals surface area contributed by atoms with Crippen molar-refractivity contribution in [2.45, 2.75) is 59.0 Å². The summed E-state index contributed by atoms with van der Waals surface area (Å²) >= 11 is 0. The van der Waals surface area contributed by atoms with E-state index in [1.54, 1.807) is 0 Å². The molecule has 0 saturated carbocycles. The molecular formula is C29H33FN6O. The Hall–Kier alpha value is -3.65. The van der Waals surface area contributed by atoms with Gasteiger partial charge in [-0.2, -0.15) is 0 Å². The molecule has 1 aliphatic heterocycles. The van der Waals surface area contributed by atoms with Gasteiger partial charge in [0.05, 0.1) is 11.1 Å². The van der Waals surface area contributed by atoms with E-state index in [1.165, 1.54) is 17.7 Å². The Labute approximate surface area is 216 Å². The van der Waals surface area contributed by atoms with Crippen LogP contribution in [-0.4, -0.2) is 43.2 Å². The molecule has 3 heterocycles. The van der Waals surface area contributed by atoms with Crippen LogP contribution in [-0.2, 0) is 5.54 Å². The number of benzene rings is 2. The molecule has 37 heavy (non-hydrogen) atoms. The zero-order valence-corrected chi connectivity index (χ0v) is 22.0. The van der Waals surface area contributed by atoms with Gasteiger partial charge in [0.25, 0.3) is 5.56 Å². The summed E-state index contributed by atoms with van der Waals surface area (Å²) in [6.07, 6.45) is 3.76. The average Bonchev–Trinajstić information content (AvgIpc) is 3.36. The van der Waals surface area contributed by atoms with E-state index in [-0.39, 0.29) is 16.9 Å². The molecule has 0 bridgehead atoms. The maximum Gasteiger partial charge on any atom is 0.253 e. The lowest BCUT2D eigenvalue weighted by molar-refractivity contribution is 0.211. The van der Waals surface area contributed by atoms with Gasteiger partial charge in [-0.05, 0) is 97.3 Å². The zero-order valence-electron chi connectivity index (χ0n) is 22.0. The molecule has 192 valence electrons. The van der Waals surface area contributed by atoms with Crippen LogP contribution in [0.15, 0.2) is 53.3 Å². The van der Waals surface area contributed by atoms with Gasteiger partial charge in [0.2, 0.25) is 0 Å². The van der Waals surface area contributed by atoms with Crippen LogP contribution in [0.1, 0.15) is 67.7 Å². The van der Waals surface area contributed by atoms with Crippen LogP contribution in [0.3, 0.4) is 0 Å². The molecule has 0 fully saturated rings. The third-order valence-corrected chi connectivity index (χ3v) is 7.61. The number of hydrogen-bond donors (Lipinski definition) is 1. The number of aromatic nitrogens is 5. The third-order valence-electron chi connectivity index (χ3n) is 7.61. The molecule has 5 rings (SSSR count). The summed E-state index contributed by atoms with van der Waals surface area (Å²) in [5.74, 6) is 0.410. The van der Waals surface area contributed by atoms with Gasteiger partial charge in [0.1, 0.15) is 11.9 Å². The quantitative estimate of drug-likeness (QED) is 0.389. The van der Waals surface area contributed by atoms with Crippen LogP contribution in [0.25, 0.3) is 16.5 Å². The number of H-pyrrole nitrogens is 1. The number of tetrazole rings is 1. The zero-order chi connectivity index (χ0) is 26.3. The van der Waals surface area contributed by atoms with Crippen molar-refractivity contribution in [2.24, 2.45) is 0 Å². The summed E-state index contributed by atoms with van der Waals surface area (Å²) in [6, 6.07) is 12.4. The smallest absolute Gasteiger partial charge is 0.253 e. The van der Waals surface area contributed by atoms with Crippen molar-refractivity contribution in [3.05, 3.63) is 92.8 Å². The maximum absolute atomic E-state index is 13.6. The van der Waals surface area contributed by atoms with Crippen LogP contribution in [0.4, 0.5) is 4.39 Å². The Bertz CT molecular complexity index is 1530. The van der Waals surface area contributed by atoms with Gasteiger partial charge in [-0.1, -0.05) is 36.8 Å². The first-order chi connectivity index (χ1) is 17.7. The highest BCUT2D eigenvalue weighted by molar-refractivity contribution is 5.83. The van der Waals surface area contributed by atoms with Crippen molar-refractivity contribution >= 4 is 16.5 Å². The van der Waals surface area contributed by atoms with Gasteiger partial charge >= 0.3 is 0 Å². The molecule has 4 aromatic rings. The molecular weight excluding hydrogens is 467 g/mol. The monoisotopic (exact) mass is 500 g/mol. The molecule has 0 saturated heterocycles. The van der Waals surface area contributed by atoms with E-state index < -0.39 is 6.04 Å². The molecule has 2 aromatic carbocycles. The van der Waals surface area contributed by atoms with Gasteiger partial charge in [-0.25, -0.2) is 9.07 Å². The number of halogens is 1. The Balaban J connectivity index is 1.63. The summed E-state index contributed by atoms with van der Waals surface area (Å²) in [7, 11) is 0. The molecule has 8 heteroatoms. The number of nitrogens with zero attached hydrogens (tertiary/aromatic N) is 5. The minimum Gasteiger partial charge on any atom is -0.321 e. The molecule has 0 radical (unpaired) electrons. The van der Waals surface area contributed by atoms with Gasteiger partial charge in [0, 0.05) is 18.7 Å². The summed E-state index contributed by atoms with van der Waals surface area (Å²) in [5.41, 5.74) is 5.38. The first kappa shape index (κ1) is 25.0. The molecule has 1 N–H and O–H groups in total. The van der Waals surface area contributed by atoms with Gasteiger partial charge in [0.15, 0.2) is 5.82 Å². The van der Waals surface area contributed by atoms with Gasteiger partial charge in [-0.3, -0.25) is 9.69 Å². The predicted molar refractivity (Wildman–Crippen MR) is 144 cm³/mol. The minimum absolute atomic E-state index is 0.137. The predicted octanol–water partition coefficient (Wildman–Crippen LogP) is 5.29. The lowest BCUT2D eigenvalue weighted by atomic mass is 9.95. The SMILES string of the molecule is CCC(C)(C)n1nnnc1C(c1cc2cc(C)cc(C)c2[nH]c1=O)N1CC=C(c2ccc(F)cc2)CC1. The number of pyridine rings is 1. The first-order valence-electron chi connectivity index (χ1n) is 12.8. The second kappa shape index (κ2) is 9.67. The number of aromatic amines is 1. The van der Waals surface area contributed by atoms with Crippen LogP contribution in [0.5, 0.6) is 0 Å². The molecule has 2 aromatic heterocycles. The fourth-order valence-corrected chi connectivity index (χ4v) is 5.20. The summed E-state index contributed by atoms with van der Waals surface area (Å²) in [6.45, 7) is 11.7. The van der Waals surface area contributed by atoms with Crippen molar-refractivity contribution in [2.75, 3.05) is 13.1 Å². The number of fused-ring (bicyclic) bond motifs is 1. The van der Waals surface area contributed by atoms with E-state index in [0.29, 0.717) is 24.5 Å². The number of nitrogens with one attached hydrogen (secondary N) is 1. The normalized spacial score (nSPS) is 15.7. The lowest BCUT2D eigenvalue weighted by Gasteiger charge is -2.35. The second-order valence-electron chi connectivity index (χ2n) is 10.6. The number of aryl methyl sites for hydroxylation is 2. The number of hydrogen-bond acceptors (Lipinski definition) is 5. The second-order valence-corrected chi connectivity index (χ2v) is 10.6. The Kier molecular flexibility index (Phi) is 6.54. The van der Waals surface area contributed by atoms with Crippen molar-refractivity contribution in [1.29, 1.82) is 0 Å². The molecule has 1 unspecified atom stereocenters. The highest BCUT2D eigenvalue weighted by Crippen LogP contribution is 2.34. The third kappa shape index (κ3) is 4.73. The van der Waals surface area contributed by atoms with Crippen LogP contribution in [0.2, 0.25) is 0 Å². The molecule has 7 nitrogen and oxygen atoms in total. The van der Waals surface area contributed by atoms with Gasteiger partial charge < -0.3 is 4.98 Å². The summed E-state index contributed by atoms with van der Waals surface area (Å²) in [4.78, 5) is 19.0. The summed E-state index contributed by atoms with van der Waals surface area (Å²) < 4.78 is 15.3. The van der Waals surface area contributed by atoms with Crippen LogP contribution < -0.4 is 5.56 Å². The van der Waals surface area contributed by atoms with E-state index in [2.05, 4.69) is 71.3 Å². The first-order valence-corrected chi connectivity index (χ1v) is 12.8. The van der Waals surface area contributed by atoms with Crippen molar-refractivity contribution < 1.29 is 4.39 Å². The van der Waals surface area contributed by atoms with Crippen molar-refractivity contribution in [3.63, 3.8) is 0 Å². The Morgan fingerprint density at radius 2 is 1.89 bits per heavy atom. The molecule has 1 atom stereocenters. The molecule has 1 aliphatic rings. The number of rotatable bonds is 6. The maximum atomic E-state index is 13.6. The van der Waals surface area contributed by atoms with E-state index in [4.69, 9.17) is 0 Å². The minimum atomic E-state index is -0.430. The van der Waals surface area contributed by atoms with Crippen LogP contribution >= 0.6 is 0 Å². The molecule has 0 aliphatic carbocycles. The fourth-order valence-electron chi connectivity index (χ4n) is 5.20. The van der Waals surface area contributed by atoms with Gasteiger partial charge in [-0.15, -0.1) is 5.10 Å². The van der Waals surface area contributed by atoms with E-state index in [0.717, 1.165) is 40.4 Å². The fraction of sp³-hybridized carbons (Fsp3) is 0.379. The standard InChI is InChI=1S/C29H33FN6O/c1-6-29(4,5)36-27(32-33-34-36)26(24-17-22-16-18(2)15-19(3)25(22)31-28(24)37)35-13-11-21(12-14-35)20-7-9-23(30)10-8-20/h7-11,15-17,26H,6,12-14H2,1-5H3,(H,31,37). The Morgan fingerprint density at radius 1 is 1.14 bits per heavy atom. The summed E-state index contributed by atoms with van der Waals surface area (Å²) in [5, 5.41) is 13.9. The average molecular weight is 501 g/mol. The highest BCUT2D eigenvalue weighted by atomic mass is 19.1.